The molecule has 1 aromatic rings. The number of hydrogen-bond acceptors (Lipinski definition) is 3. The third-order valence-corrected chi connectivity index (χ3v) is 2.13. The van der Waals surface area contributed by atoms with Crippen LogP contribution in [-0.2, 0) is 0 Å². The number of rotatable bonds is 4. The number of halogens is 1. The van der Waals surface area contributed by atoms with Crippen LogP contribution in [0.2, 0.25) is 0 Å². The van der Waals surface area contributed by atoms with Gasteiger partial charge >= 0.3 is 0 Å². The first-order chi connectivity index (χ1) is 7.22. The van der Waals surface area contributed by atoms with E-state index in [1.807, 2.05) is 0 Å². The van der Waals surface area contributed by atoms with E-state index < -0.39 is 5.92 Å². The zero-order valence-corrected chi connectivity index (χ0v) is 8.75. The predicted molar refractivity (Wildman–Crippen MR) is 55.2 cm³/mol. The van der Waals surface area contributed by atoms with Crippen molar-refractivity contribution >= 4 is 0 Å². The minimum atomic E-state index is -0.402. The molecule has 3 nitrogen and oxygen atoms in total. The van der Waals surface area contributed by atoms with E-state index in [9.17, 15) is 4.39 Å². The highest BCUT2D eigenvalue weighted by Gasteiger charge is 2.15. The van der Waals surface area contributed by atoms with Gasteiger partial charge in [0.2, 0.25) is 0 Å². The molecule has 1 aromatic carbocycles. The maximum atomic E-state index is 13.0. The first kappa shape index (κ1) is 11.5. The molecule has 0 saturated carbocycles. The Hall–Kier alpha value is -1.60. The molecule has 4 heteroatoms. The minimum Gasteiger partial charge on any atom is -0.496 e. The average molecular weight is 208 g/mol. The van der Waals surface area contributed by atoms with Crippen LogP contribution in [0.4, 0.5) is 4.39 Å². The van der Waals surface area contributed by atoms with Crippen molar-refractivity contribution in [3.05, 3.63) is 29.6 Å². The second kappa shape index (κ2) is 5.32. The van der Waals surface area contributed by atoms with Crippen molar-refractivity contribution in [1.82, 2.24) is 5.32 Å². The Bertz CT molecular complexity index is 373. The first-order valence-corrected chi connectivity index (χ1v) is 4.60. The van der Waals surface area contributed by atoms with Crippen molar-refractivity contribution in [2.24, 2.45) is 0 Å². The van der Waals surface area contributed by atoms with Crippen LogP contribution in [-0.4, -0.2) is 20.7 Å². The number of methoxy groups -OCH3 is 1. The number of hydrogen-bond donors (Lipinski definition) is 1. The molecule has 1 rings (SSSR count). The van der Waals surface area contributed by atoms with Gasteiger partial charge in [0.1, 0.15) is 11.6 Å². The smallest absolute Gasteiger partial charge is 0.123 e. The van der Waals surface area contributed by atoms with Crippen molar-refractivity contribution in [3.8, 4) is 11.8 Å². The lowest BCUT2D eigenvalue weighted by atomic mass is 9.99. The summed E-state index contributed by atoms with van der Waals surface area (Å²) in [5, 5.41) is 11.8. The lowest BCUT2D eigenvalue weighted by Crippen LogP contribution is -2.16. The molecule has 15 heavy (non-hydrogen) atoms. The predicted octanol–water partition coefficient (Wildman–Crippen LogP) is 1.66. The van der Waals surface area contributed by atoms with E-state index in [1.165, 1.54) is 25.3 Å². The van der Waals surface area contributed by atoms with E-state index in [2.05, 4.69) is 11.4 Å². The van der Waals surface area contributed by atoms with Crippen molar-refractivity contribution in [1.29, 1.82) is 5.26 Å². The normalized spacial score (nSPS) is 11.9. The molecule has 0 aliphatic carbocycles. The van der Waals surface area contributed by atoms with Crippen molar-refractivity contribution in [3.63, 3.8) is 0 Å². The Morgan fingerprint density at radius 2 is 2.33 bits per heavy atom. The topological polar surface area (TPSA) is 45.0 Å². The molecular formula is C11H13FN2O. The highest BCUT2D eigenvalue weighted by molar-refractivity contribution is 5.39. The van der Waals surface area contributed by atoms with Gasteiger partial charge in [0.15, 0.2) is 0 Å². The van der Waals surface area contributed by atoms with Crippen LogP contribution in [0.3, 0.4) is 0 Å². The third-order valence-electron chi connectivity index (χ3n) is 2.13. The van der Waals surface area contributed by atoms with Crippen LogP contribution in [0.1, 0.15) is 11.5 Å². The molecule has 0 radical (unpaired) electrons. The highest BCUT2D eigenvalue weighted by Crippen LogP contribution is 2.26. The van der Waals surface area contributed by atoms with E-state index in [4.69, 9.17) is 10.00 Å². The minimum absolute atomic E-state index is 0.359. The summed E-state index contributed by atoms with van der Waals surface area (Å²) in [7, 11) is 3.25. The van der Waals surface area contributed by atoms with Crippen LogP contribution < -0.4 is 10.1 Å². The Balaban J connectivity index is 3.09. The molecule has 0 amide bonds. The van der Waals surface area contributed by atoms with Gasteiger partial charge in [-0.05, 0) is 25.2 Å². The molecular weight excluding hydrogens is 195 g/mol. The van der Waals surface area contributed by atoms with E-state index in [-0.39, 0.29) is 5.82 Å². The molecule has 1 atom stereocenters. The number of nitriles is 1. The summed E-state index contributed by atoms with van der Waals surface area (Å²) in [6, 6.07) is 6.30. The van der Waals surface area contributed by atoms with Crippen LogP contribution in [0.15, 0.2) is 18.2 Å². The largest absolute Gasteiger partial charge is 0.496 e. The second-order valence-corrected chi connectivity index (χ2v) is 3.13. The van der Waals surface area contributed by atoms with Gasteiger partial charge in [-0.25, -0.2) is 4.39 Å². The quantitative estimate of drug-likeness (QED) is 0.818. The number of likely N-dealkylation sites (N-methyl/N-ethyl adjacent to an activating group) is 1. The fourth-order valence-electron chi connectivity index (χ4n) is 1.41. The summed E-state index contributed by atoms with van der Waals surface area (Å²) in [5.74, 6) is -0.221. The van der Waals surface area contributed by atoms with E-state index in [1.54, 1.807) is 7.05 Å². The number of benzene rings is 1. The van der Waals surface area contributed by atoms with Gasteiger partial charge in [0, 0.05) is 12.1 Å². The average Bonchev–Trinajstić information content (AvgIpc) is 2.26. The summed E-state index contributed by atoms with van der Waals surface area (Å²) in [6.07, 6.45) is 0. The molecule has 1 N–H and O–H groups in total. The van der Waals surface area contributed by atoms with Gasteiger partial charge < -0.3 is 10.1 Å². The maximum Gasteiger partial charge on any atom is 0.123 e. The SMILES string of the molecule is CNCC(C#N)c1cc(F)ccc1OC. The van der Waals surface area contributed by atoms with Gasteiger partial charge in [-0.15, -0.1) is 0 Å². The molecule has 0 fully saturated rings. The van der Waals surface area contributed by atoms with Gasteiger partial charge in [0.25, 0.3) is 0 Å². The fourth-order valence-corrected chi connectivity index (χ4v) is 1.41. The summed E-state index contributed by atoms with van der Waals surface area (Å²) in [5.41, 5.74) is 0.578. The molecule has 1 unspecified atom stereocenters. The van der Waals surface area contributed by atoms with Gasteiger partial charge in [-0.2, -0.15) is 5.26 Å². The van der Waals surface area contributed by atoms with Crippen molar-refractivity contribution < 1.29 is 9.13 Å². The second-order valence-electron chi connectivity index (χ2n) is 3.13. The van der Waals surface area contributed by atoms with Crippen LogP contribution in [0.5, 0.6) is 5.75 Å². The Kier molecular flexibility index (Phi) is 4.07. The summed E-state index contributed by atoms with van der Waals surface area (Å²) in [4.78, 5) is 0. The Labute approximate surface area is 88.5 Å². The van der Waals surface area contributed by atoms with Crippen LogP contribution in [0, 0.1) is 17.1 Å². The van der Waals surface area contributed by atoms with Gasteiger partial charge in [0.05, 0.1) is 19.1 Å². The number of ether oxygens (including phenoxy) is 1. The third kappa shape index (κ3) is 2.67. The van der Waals surface area contributed by atoms with Gasteiger partial charge in [-0.3, -0.25) is 0 Å². The Morgan fingerprint density at radius 1 is 1.60 bits per heavy atom. The van der Waals surface area contributed by atoms with Crippen molar-refractivity contribution in [2.75, 3.05) is 20.7 Å². The molecule has 0 aliphatic rings. The molecule has 0 aliphatic heterocycles. The number of nitrogens with zero attached hydrogens (tertiary/aromatic N) is 1. The summed E-state index contributed by atoms with van der Waals surface area (Å²) < 4.78 is 18.1. The lowest BCUT2D eigenvalue weighted by molar-refractivity contribution is 0.406. The van der Waals surface area contributed by atoms with E-state index >= 15 is 0 Å². The molecule has 80 valence electrons. The fraction of sp³-hybridized carbons (Fsp3) is 0.364. The van der Waals surface area contributed by atoms with Crippen molar-refractivity contribution in [2.45, 2.75) is 5.92 Å². The standard InChI is InChI=1S/C11H13FN2O/c1-14-7-8(6-13)10-5-9(12)3-4-11(10)15-2/h3-5,8,14H,7H2,1-2H3. The highest BCUT2D eigenvalue weighted by atomic mass is 19.1. The summed E-state index contributed by atoms with van der Waals surface area (Å²) >= 11 is 0. The molecule has 0 saturated heterocycles. The zero-order chi connectivity index (χ0) is 11.3. The Morgan fingerprint density at radius 3 is 2.87 bits per heavy atom. The molecule has 0 spiro atoms. The van der Waals surface area contributed by atoms with Crippen LogP contribution in [0.25, 0.3) is 0 Å². The van der Waals surface area contributed by atoms with E-state index in [0.29, 0.717) is 17.9 Å². The zero-order valence-electron chi connectivity index (χ0n) is 8.75. The maximum absolute atomic E-state index is 13.0. The first-order valence-electron chi connectivity index (χ1n) is 4.60. The summed E-state index contributed by atoms with van der Waals surface area (Å²) in [6.45, 7) is 0.469. The molecule has 0 aromatic heterocycles. The van der Waals surface area contributed by atoms with E-state index in [0.717, 1.165) is 0 Å². The van der Waals surface area contributed by atoms with Crippen LogP contribution >= 0.6 is 0 Å². The number of nitrogens with one attached hydrogen (secondary N) is 1. The lowest BCUT2D eigenvalue weighted by Gasteiger charge is -2.13. The van der Waals surface area contributed by atoms with Gasteiger partial charge in [-0.1, -0.05) is 0 Å². The molecule has 0 bridgehead atoms. The monoisotopic (exact) mass is 208 g/mol. The molecule has 0 heterocycles.